The molecule has 134 valence electrons. The van der Waals surface area contributed by atoms with Gasteiger partial charge in [-0.1, -0.05) is 47.5 Å². The summed E-state index contributed by atoms with van der Waals surface area (Å²) in [5, 5.41) is 0. The third kappa shape index (κ3) is 5.43. The Bertz CT molecular complexity index is 802. The van der Waals surface area contributed by atoms with Crippen LogP contribution >= 0.6 is 0 Å². The van der Waals surface area contributed by atoms with E-state index >= 15 is 0 Å². The summed E-state index contributed by atoms with van der Waals surface area (Å²) in [4.78, 5) is 0. The summed E-state index contributed by atoms with van der Waals surface area (Å²) in [6.07, 6.45) is 16.4. The third-order valence-electron chi connectivity index (χ3n) is 4.23. The summed E-state index contributed by atoms with van der Waals surface area (Å²) < 4.78 is 10.5. The monoisotopic (exact) mass is 432 g/mol. The summed E-state index contributed by atoms with van der Waals surface area (Å²) in [6.45, 7) is 0. The maximum absolute atomic E-state index is 5.27. The van der Waals surface area contributed by atoms with Crippen LogP contribution in [-0.4, -0.2) is 14.2 Å². The SMILES string of the molecule is COc1ccccc1C1=CC[C-]=C1.COc1ccccc1C1=CC[C-]=C1.[Zr+2]. The van der Waals surface area contributed by atoms with Gasteiger partial charge in [-0.15, -0.1) is 12.8 Å². The molecular weight excluding hydrogens is 411 g/mol. The number of ether oxygens (including phenoxy) is 2. The van der Waals surface area contributed by atoms with Crippen molar-refractivity contribution in [2.75, 3.05) is 14.2 Å². The van der Waals surface area contributed by atoms with Crippen molar-refractivity contribution in [1.29, 1.82) is 0 Å². The molecule has 0 aromatic heterocycles. The van der Waals surface area contributed by atoms with Crippen LogP contribution in [0, 0.1) is 12.2 Å². The van der Waals surface area contributed by atoms with Gasteiger partial charge in [0.2, 0.25) is 0 Å². The first-order valence-electron chi connectivity index (χ1n) is 8.64. The Morgan fingerprint density at radius 3 is 1.41 bits per heavy atom. The van der Waals surface area contributed by atoms with Gasteiger partial charge < -0.3 is 9.47 Å². The first-order chi connectivity index (χ1) is 12.8. The smallest absolute Gasteiger partial charge is 0.498 e. The molecule has 0 radical (unpaired) electrons. The molecule has 0 atom stereocenters. The molecule has 0 spiro atoms. The molecule has 0 amide bonds. The molecule has 0 unspecified atom stereocenters. The van der Waals surface area contributed by atoms with Gasteiger partial charge in [-0.25, -0.2) is 12.2 Å². The Kier molecular flexibility index (Phi) is 8.55. The predicted molar refractivity (Wildman–Crippen MR) is 107 cm³/mol. The van der Waals surface area contributed by atoms with Gasteiger partial charge in [-0.05, 0) is 12.1 Å². The minimum atomic E-state index is 0. The van der Waals surface area contributed by atoms with Gasteiger partial charge >= 0.3 is 26.2 Å². The van der Waals surface area contributed by atoms with Crippen molar-refractivity contribution in [1.82, 2.24) is 0 Å². The average molecular weight is 434 g/mol. The number of para-hydroxylation sites is 2. The Balaban J connectivity index is 0.000000187. The number of rotatable bonds is 4. The van der Waals surface area contributed by atoms with Gasteiger partial charge in [-0.2, -0.15) is 23.3 Å². The van der Waals surface area contributed by atoms with E-state index in [0.29, 0.717) is 0 Å². The summed E-state index contributed by atoms with van der Waals surface area (Å²) in [5.41, 5.74) is 4.71. The van der Waals surface area contributed by atoms with E-state index in [1.54, 1.807) is 14.2 Å². The number of allylic oxidation sites excluding steroid dienone is 8. The van der Waals surface area contributed by atoms with Crippen LogP contribution < -0.4 is 9.47 Å². The van der Waals surface area contributed by atoms with E-state index in [-0.39, 0.29) is 26.2 Å². The fraction of sp³-hybridized carbons (Fsp3) is 0.167. The molecule has 4 rings (SSSR count). The van der Waals surface area contributed by atoms with Gasteiger partial charge in [-0.3, -0.25) is 12.2 Å². The molecule has 3 heteroatoms. The molecule has 2 nitrogen and oxygen atoms in total. The summed E-state index contributed by atoms with van der Waals surface area (Å²) in [6, 6.07) is 16.1. The molecule has 2 aromatic carbocycles. The molecule has 0 saturated carbocycles. The fourth-order valence-electron chi connectivity index (χ4n) is 2.94. The number of hydrogen-bond acceptors (Lipinski definition) is 2. The van der Waals surface area contributed by atoms with Crippen LogP contribution in [0.5, 0.6) is 11.5 Å². The predicted octanol–water partition coefficient (Wildman–Crippen LogP) is 5.68. The van der Waals surface area contributed by atoms with E-state index in [2.05, 4.69) is 36.4 Å². The van der Waals surface area contributed by atoms with Crippen LogP contribution in [0.4, 0.5) is 0 Å². The summed E-state index contributed by atoms with van der Waals surface area (Å²) >= 11 is 0. The molecule has 0 N–H and O–H groups in total. The second kappa shape index (κ2) is 10.9. The molecule has 0 aliphatic heterocycles. The Labute approximate surface area is 181 Å². The van der Waals surface area contributed by atoms with Crippen molar-refractivity contribution in [3.63, 3.8) is 0 Å². The number of methoxy groups -OCH3 is 2. The molecule has 0 saturated heterocycles. The molecular formula is C24H22O2Zr. The van der Waals surface area contributed by atoms with Crippen molar-refractivity contribution >= 4 is 11.1 Å². The van der Waals surface area contributed by atoms with E-state index in [1.165, 1.54) is 11.1 Å². The molecule has 2 aliphatic carbocycles. The summed E-state index contributed by atoms with van der Waals surface area (Å²) in [5.74, 6) is 1.85. The maximum Gasteiger partial charge on any atom is 2.00 e. The van der Waals surface area contributed by atoms with Crippen molar-refractivity contribution in [3.05, 3.63) is 96.1 Å². The third-order valence-corrected chi connectivity index (χ3v) is 4.23. The molecule has 27 heavy (non-hydrogen) atoms. The Morgan fingerprint density at radius 2 is 1.07 bits per heavy atom. The first-order valence-corrected chi connectivity index (χ1v) is 8.64. The van der Waals surface area contributed by atoms with E-state index < -0.39 is 0 Å². The van der Waals surface area contributed by atoms with Crippen LogP contribution in [0.3, 0.4) is 0 Å². The van der Waals surface area contributed by atoms with E-state index in [0.717, 1.165) is 35.5 Å². The Hall–Kier alpha value is -2.12. The van der Waals surface area contributed by atoms with Crippen molar-refractivity contribution in [3.8, 4) is 11.5 Å². The molecule has 2 aromatic rings. The second-order valence-electron chi connectivity index (χ2n) is 5.82. The van der Waals surface area contributed by atoms with Gasteiger partial charge in [0, 0.05) is 0 Å². The standard InChI is InChI=1S/2C12H11O.Zr/c2*1-13-12-9-5-4-8-11(12)10-6-2-3-7-10;/h2*4-9H,2H2,1H3;/q2*-1;+2. The van der Waals surface area contributed by atoms with Crippen LogP contribution in [-0.2, 0) is 26.2 Å². The summed E-state index contributed by atoms with van der Waals surface area (Å²) in [7, 11) is 3.39. The van der Waals surface area contributed by atoms with E-state index in [1.807, 2.05) is 48.6 Å². The zero-order valence-corrected chi connectivity index (χ0v) is 18.1. The Morgan fingerprint density at radius 1 is 0.667 bits per heavy atom. The zero-order chi connectivity index (χ0) is 18.2. The number of benzene rings is 2. The molecule has 0 fully saturated rings. The molecule has 2 aliphatic rings. The van der Waals surface area contributed by atoms with E-state index in [9.17, 15) is 0 Å². The normalized spacial score (nSPS) is 13.9. The maximum atomic E-state index is 5.27. The molecule has 0 heterocycles. The quantitative estimate of drug-likeness (QED) is 0.578. The zero-order valence-electron chi connectivity index (χ0n) is 15.7. The van der Waals surface area contributed by atoms with Crippen LogP contribution in [0.25, 0.3) is 11.1 Å². The van der Waals surface area contributed by atoms with Gasteiger partial charge in [0.1, 0.15) is 11.5 Å². The van der Waals surface area contributed by atoms with E-state index in [4.69, 9.17) is 9.47 Å². The fourth-order valence-corrected chi connectivity index (χ4v) is 2.94. The average Bonchev–Trinajstić information content (AvgIpc) is 3.42. The first kappa shape index (κ1) is 21.2. The minimum Gasteiger partial charge on any atom is -0.498 e. The van der Waals surface area contributed by atoms with Gasteiger partial charge in [0.15, 0.2) is 0 Å². The van der Waals surface area contributed by atoms with Crippen molar-refractivity contribution in [2.45, 2.75) is 12.8 Å². The van der Waals surface area contributed by atoms with Crippen LogP contribution in [0.15, 0.2) is 72.8 Å². The van der Waals surface area contributed by atoms with Gasteiger partial charge in [0.25, 0.3) is 0 Å². The molecule has 0 bridgehead atoms. The number of hydrogen-bond donors (Lipinski definition) is 0. The topological polar surface area (TPSA) is 18.5 Å². The van der Waals surface area contributed by atoms with Gasteiger partial charge in [0.05, 0.1) is 14.2 Å². The van der Waals surface area contributed by atoms with Crippen molar-refractivity contribution in [2.24, 2.45) is 0 Å². The van der Waals surface area contributed by atoms with Crippen molar-refractivity contribution < 1.29 is 35.7 Å². The van der Waals surface area contributed by atoms with Crippen LogP contribution in [0.1, 0.15) is 24.0 Å². The second-order valence-corrected chi connectivity index (χ2v) is 5.82. The minimum absolute atomic E-state index is 0. The largest absolute Gasteiger partial charge is 2.00 e. The van der Waals surface area contributed by atoms with Crippen LogP contribution in [0.2, 0.25) is 0 Å².